The molecule has 3 saturated heterocycles. The third kappa shape index (κ3) is 2.76. The van der Waals surface area contributed by atoms with Gasteiger partial charge in [-0.2, -0.15) is 0 Å². The number of likely N-dealkylation sites (tertiary alicyclic amines) is 1. The molecule has 3 atom stereocenters. The Labute approximate surface area is 158 Å². The lowest BCUT2D eigenvalue weighted by atomic mass is 9.83. The van der Waals surface area contributed by atoms with Crippen LogP contribution in [0.2, 0.25) is 0 Å². The number of hydrogen-bond donors (Lipinski definition) is 2. The van der Waals surface area contributed by atoms with Crippen LogP contribution in [0.5, 0.6) is 0 Å². The van der Waals surface area contributed by atoms with Crippen molar-refractivity contribution in [3.8, 4) is 0 Å². The maximum atomic E-state index is 13.1. The summed E-state index contributed by atoms with van der Waals surface area (Å²) < 4.78 is 0. The molecule has 4 heterocycles. The van der Waals surface area contributed by atoms with Crippen molar-refractivity contribution in [1.82, 2.24) is 20.4 Å². The standard InChI is InChI=1S/C20H24N4O3/c25-17-5-4-16(19(26)22-17)24-11-13-3-1-2-12(18(13)20(24)27)9-23-10-14-8-21-7-6-15(14)23/h1-3,14-16,21H,4-11H2,(H,22,25,26). The molecule has 4 aliphatic rings. The minimum Gasteiger partial charge on any atom is -0.322 e. The molecule has 7 heteroatoms. The summed E-state index contributed by atoms with van der Waals surface area (Å²) in [6.07, 6.45) is 1.85. The molecule has 0 radical (unpaired) electrons. The van der Waals surface area contributed by atoms with Crippen molar-refractivity contribution in [2.45, 2.75) is 44.4 Å². The van der Waals surface area contributed by atoms with Gasteiger partial charge < -0.3 is 10.2 Å². The first-order valence-electron chi connectivity index (χ1n) is 9.82. The molecule has 3 unspecified atom stereocenters. The molecule has 0 aromatic heterocycles. The lowest BCUT2D eigenvalue weighted by Gasteiger charge is -2.51. The summed E-state index contributed by atoms with van der Waals surface area (Å²) >= 11 is 0. The van der Waals surface area contributed by atoms with Crippen LogP contribution in [0.4, 0.5) is 0 Å². The van der Waals surface area contributed by atoms with E-state index in [0.29, 0.717) is 19.0 Å². The highest BCUT2D eigenvalue weighted by molar-refractivity contribution is 6.05. The van der Waals surface area contributed by atoms with Gasteiger partial charge >= 0.3 is 0 Å². The molecule has 4 aliphatic heterocycles. The van der Waals surface area contributed by atoms with Crippen molar-refractivity contribution in [2.75, 3.05) is 19.6 Å². The highest BCUT2D eigenvalue weighted by Crippen LogP contribution is 2.34. The van der Waals surface area contributed by atoms with Crippen LogP contribution in [0.1, 0.15) is 40.7 Å². The van der Waals surface area contributed by atoms with Crippen LogP contribution in [-0.2, 0) is 22.7 Å². The fourth-order valence-electron chi connectivity index (χ4n) is 5.10. The maximum absolute atomic E-state index is 13.1. The second-order valence-electron chi connectivity index (χ2n) is 8.10. The quantitative estimate of drug-likeness (QED) is 0.747. The highest BCUT2D eigenvalue weighted by atomic mass is 16.2. The van der Waals surface area contributed by atoms with Crippen LogP contribution in [0.25, 0.3) is 0 Å². The van der Waals surface area contributed by atoms with Gasteiger partial charge in [-0.15, -0.1) is 0 Å². The van der Waals surface area contributed by atoms with Crippen LogP contribution in [-0.4, -0.2) is 59.2 Å². The fourth-order valence-corrected chi connectivity index (χ4v) is 5.10. The lowest BCUT2D eigenvalue weighted by molar-refractivity contribution is -0.136. The zero-order chi connectivity index (χ0) is 18.5. The molecule has 0 spiro atoms. The average Bonchev–Trinajstić information content (AvgIpc) is 2.97. The number of fused-ring (bicyclic) bond motifs is 2. The molecule has 7 nitrogen and oxygen atoms in total. The highest BCUT2D eigenvalue weighted by Gasteiger charge is 2.42. The summed E-state index contributed by atoms with van der Waals surface area (Å²) in [5.74, 6) is 0.0494. The number of nitrogens with zero attached hydrogens (tertiary/aromatic N) is 2. The third-order valence-corrected chi connectivity index (χ3v) is 6.52. The topological polar surface area (TPSA) is 81.8 Å². The van der Waals surface area contributed by atoms with Gasteiger partial charge in [0, 0.05) is 44.2 Å². The molecule has 3 amide bonds. The molecule has 3 fully saturated rings. The van der Waals surface area contributed by atoms with Gasteiger partial charge in [0.15, 0.2) is 0 Å². The van der Waals surface area contributed by atoms with Gasteiger partial charge in [-0.25, -0.2) is 0 Å². The molecule has 0 aliphatic carbocycles. The molecule has 142 valence electrons. The van der Waals surface area contributed by atoms with E-state index in [9.17, 15) is 14.4 Å². The van der Waals surface area contributed by atoms with Crippen LogP contribution >= 0.6 is 0 Å². The molecule has 1 aromatic rings. The van der Waals surface area contributed by atoms with E-state index in [-0.39, 0.29) is 24.1 Å². The Morgan fingerprint density at radius 3 is 2.85 bits per heavy atom. The summed E-state index contributed by atoms with van der Waals surface area (Å²) in [4.78, 5) is 40.9. The Bertz CT molecular complexity index is 823. The Hall–Kier alpha value is -2.25. The number of amides is 3. The molecule has 1 aromatic carbocycles. The Balaban J connectivity index is 1.35. The number of benzene rings is 1. The first-order valence-corrected chi connectivity index (χ1v) is 9.82. The van der Waals surface area contributed by atoms with Crippen molar-refractivity contribution < 1.29 is 14.4 Å². The van der Waals surface area contributed by atoms with Crippen LogP contribution in [0, 0.1) is 5.92 Å². The van der Waals surface area contributed by atoms with E-state index in [1.165, 1.54) is 0 Å². The van der Waals surface area contributed by atoms with Crippen molar-refractivity contribution >= 4 is 17.7 Å². The minimum absolute atomic E-state index is 0.0718. The monoisotopic (exact) mass is 368 g/mol. The van der Waals surface area contributed by atoms with E-state index in [2.05, 4.69) is 15.5 Å². The van der Waals surface area contributed by atoms with Gasteiger partial charge in [-0.05, 0) is 36.4 Å². The Kier molecular flexibility index (Phi) is 4.02. The number of carbonyl (C=O) groups is 3. The van der Waals surface area contributed by atoms with E-state index in [1.807, 2.05) is 18.2 Å². The van der Waals surface area contributed by atoms with Crippen molar-refractivity contribution in [3.05, 3.63) is 34.9 Å². The molecule has 5 rings (SSSR count). The summed E-state index contributed by atoms with van der Waals surface area (Å²) in [6, 6.07) is 6.10. The number of piperidine rings is 2. The van der Waals surface area contributed by atoms with Crippen LogP contribution in [0.15, 0.2) is 18.2 Å². The van der Waals surface area contributed by atoms with Gasteiger partial charge in [0.1, 0.15) is 6.04 Å². The van der Waals surface area contributed by atoms with E-state index < -0.39 is 6.04 Å². The van der Waals surface area contributed by atoms with E-state index in [1.54, 1.807) is 4.90 Å². The summed E-state index contributed by atoms with van der Waals surface area (Å²) in [5, 5.41) is 5.81. The molecule has 2 N–H and O–H groups in total. The predicted molar refractivity (Wildman–Crippen MR) is 97.7 cm³/mol. The first kappa shape index (κ1) is 16.9. The lowest BCUT2D eigenvalue weighted by Crippen LogP contribution is -2.62. The van der Waals surface area contributed by atoms with Gasteiger partial charge in [0.05, 0.1) is 0 Å². The number of imide groups is 1. The second-order valence-corrected chi connectivity index (χ2v) is 8.10. The molecular weight excluding hydrogens is 344 g/mol. The van der Waals surface area contributed by atoms with Gasteiger partial charge in [0.2, 0.25) is 11.8 Å². The van der Waals surface area contributed by atoms with Crippen LogP contribution in [0.3, 0.4) is 0 Å². The van der Waals surface area contributed by atoms with Gasteiger partial charge in [-0.1, -0.05) is 18.2 Å². The zero-order valence-electron chi connectivity index (χ0n) is 15.2. The smallest absolute Gasteiger partial charge is 0.255 e. The first-order chi connectivity index (χ1) is 13.1. The SMILES string of the molecule is O=C1CCC(N2Cc3cccc(CN4CC5CNCCC54)c3C2=O)C(=O)N1. The minimum atomic E-state index is -0.548. The number of carbonyl (C=O) groups excluding carboxylic acids is 3. The number of hydrogen-bond acceptors (Lipinski definition) is 5. The zero-order valence-corrected chi connectivity index (χ0v) is 15.2. The second kappa shape index (κ2) is 6.42. The summed E-state index contributed by atoms with van der Waals surface area (Å²) in [7, 11) is 0. The Morgan fingerprint density at radius 2 is 2.04 bits per heavy atom. The van der Waals surface area contributed by atoms with Crippen molar-refractivity contribution in [1.29, 1.82) is 0 Å². The van der Waals surface area contributed by atoms with Crippen LogP contribution < -0.4 is 10.6 Å². The van der Waals surface area contributed by atoms with E-state index >= 15 is 0 Å². The van der Waals surface area contributed by atoms with Crippen molar-refractivity contribution in [2.24, 2.45) is 5.92 Å². The normalized spacial score (nSPS) is 30.6. The van der Waals surface area contributed by atoms with Crippen molar-refractivity contribution in [3.63, 3.8) is 0 Å². The molecule has 0 saturated carbocycles. The molecule has 0 bridgehead atoms. The van der Waals surface area contributed by atoms with E-state index in [0.717, 1.165) is 55.2 Å². The number of rotatable bonds is 3. The van der Waals surface area contributed by atoms with Gasteiger partial charge in [-0.3, -0.25) is 24.6 Å². The summed E-state index contributed by atoms with van der Waals surface area (Å²) in [5.41, 5.74) is 2.81. The predicted octanol–water partition coefficient (Wildman–Crippen LogP) is 0.241. The fraction of sp³-hybridized carbons (Fsp3) is 0.550. The van der Waals surface area contributed by atoms with Gasteiger partial charge in [0.25, 0.3) is 5.91 Å². The third-order valence-electron chi connectivity index (χ3n) is 6.52. The average molecular weight is 368 g/mol. The molecule has 27 heavy (non-hydrogen) atoms. The summed E-state index contributed by atoms with van der Waals surface area (Å²) in [6.45, 7) is 4.47. The van der Waals surface area contributed by atoms with E-state index in [4.69, 9.17) is 0 Å². The Morgan fingerprint density at radius 1 is 1.15 bits per heavy atom. The molecular formula is C20H24N4O3. The maximum Gasteiger partial charge on any atom is 0.255 e. The largest absolute Gasteiger partial charge is 0.322 e. The number of nitrogens with one attached hydrogen (secondary N) is 2.